The molecule has 2 rings (SSSR count). The summed E-state index contributed by atoms with van der Waals surface area (Å²) in [6, 6.07) is 17.3. The molecule has 0 saturated heterocycles. The minimum Gasteiger partial charge on any atom is -0.376 e. The van der Waals surface area contributed by atoms with Gasteiger partial charge < -0.3 is 16.0 Å². The fraction of sp³-hybridized carbons (Fsp3) is 0.300. The van der Waals surface area contributed by atoms with Crippen molar-refractivity contribution in [3.63, 3.8) is 0 Å². The minimum absolute atomic E-state index is 0.00526. The second kappa shape index (κ2) is 9.47. The Labute approximate surface area is 148 Å². The van der Waals surface area contributed by atoms with Crippen LogP contribution in [0, 0.1) is 0 Å². The molecule has 5 nitrogen and oxygen atoms in total. The summed E-state index contributed by atoms with van der Waals surface area (Å²) < 4.78 is 0. The van der Waals surface area contributed by atoms with Crippen molar-refractivity contribution in [2.75, 3.05) is 17.2 Å². The van der Waals surface area contributed by atoms with Gasteiger partial charge in [0.25, 0.3) is 0 Å². The van der Waals surface area contributed by atoms with Crippen molar-refractivity contribution in [2.24, 2.45) is 0 Å². The molecule has 5 heteroatoms. The molecule has 2 aromatic rings. The lowest BCUT2D eigenvalue weighted by molar-refractivity contribution is -0.120. The minimum atomic E-state index is -0.0706. The molecule has 2 amide bonds. The third kappa shape index (κ3) is 5.95. The van der Waals surface area contributed by atoms with Crippen molar-refractivity contribution >= 4 is 23.2 Å². The maximum absolute atomic E-state index is 12.2. The van der Waals surface area contributed by atoms with E-state index in [-0.39, 0.29) is 24.4 Å². The zero-order valence-corrected chi connectivity index (χ0v) is 14.7. The highest BCUT2D eigenvalue weighted by Crippen LogP contribution is 2.17. The Hall–Kier alpha value is -2.82. The van der Waals surface area contributed by atoms with E-state index < -0.39 is 0 Å². The quantitative estimate of drug-likeness (QED) is 0.686. The van der Waals surface area contributed by atoms with E-state index in [2.05, 4.69) is 16.0 Å². The Morgan fingerprint density at radius 3 is 2.32 bits per heavy atom. The number of amides is 2. The van der Waals surface area contributed by atoms with Gasteiger partial charge in [-0.05, 0) is 30.2 Å². The zero-order chi connectivity index (χ0) is 18.1. The first-order chi connectivity index (χ1) is 12.1. The molecule has 2 aromatic carbocycles. The summed E-state index contributed by atoms with van der Waals surface area (Å²) in [7, 11) is 0. The fourth-order valence-electron chi connectivity index (χ4n) is 2.49. The van der Waals surface area contributed by atoms with E-state index in [1.165, 1.54) is 0 Å². The third-order valence-electron chi connectivity index (χ3n) is 3.87. The van der Waals surface area contributed by atoms with Gasteiger partial charge in [0.15, 0.2) is 0 Å². The summed E-state index contributed by atoms with van der Waals surface area (Å²) in [5, 5.41) is 8.93. The number of hydrogen-bond donors (Lipinski definition) is 3. The molecule has 132 valence electrons. The SMILES string of the molecule is CCC(=O)Nc1cccc(NCC(=O)NC(CC)c2ccccc2)c1. The Kier molecular flexibility index (Phi) is 7.01. The maximum atomic E-state index is 12.2. The summed E-state index contributed by atoms with van der Waals surface area (Å²) in [5.74, 6) is -0.109. The molecule has 0 spiro atoms. The second-order valence-electron chi connectivity index (χ2n) is 5.78. The van der Waals surface area contributed by atoms with Gasteiger partial charge in [-0.15, -0.1) is 0 Å². The summed E-state index contributed by atoms with van der Waals surface area (Å²) in [6.45, 7) is 4.03. The number of hydrogen-bond acceptors (Lipinski definition) is 3. The number of benzene rings is 2. The molecule has 0 bridgehead atoms. The molecule has 0 radical (unpaired) electrons. The van der Waals surface area contributed by atoms with Crippen LogP contribution in [0.25, 0.3) is 0 Å². The number of carbonyl (C=O) groups excluding carboxylic acids is 2. The molecule has 1 unspecified atom stereocenters. The van der Waals surface area contributed by atoms with Crippen molar-refractivity contribution < 1.29 is 9.59 Å². The molecule has 0 aromatic heterocycles. The van der Waals surface area contributed by atoms with Crippen LogP contribution < -0.4 is 16.0 Å². The van der Waals surface area contributed by atoms with Crippen LogP contribution in [0.15, 0.2) is 54.6 Å². The zero-order valence-electron chi connectivity index (χ0n) is 14.7. The van der Waals surface area contributed by atoms with E-state index in [1.54, 1.807) is 6.92 Å². The van der Waals surface area contributed by atoms with Crippen LogP contribution in [0.1, 0.15) is 38.3 Å². The highest BCUT2D eigenvalue weighted by Gasteiger charge is 2.12. The van der Waals surface area contributed by atoms with Gasteiger partial charge in [0, 0.05) is 17.8 Å². The summed E-state index contributed by atoms with van der Waals surface area (Å²) in [6.07, 6.45) is 1.26. The van der Waals surface area contributed by atoms with Crippen LogP contribution in [0.3, 0.4) is 0 Å². The Morgan fingerprint density at radius 2 is 1.64 bits per heavy atom. The van der Waals surface area contributed by atoms with Crippen molar-refractivity contribution in [3.05, 3.63) is 60.2 Å². The average molecular weight is 339 g/mol. The first-order valence-corrected chi connectivity index (χ1v) is 8.60. The van der Waals surface area contributed by atoms with Gasteiger partial charge in [-0.25, -0.2) is 0 Å². The first-order valence-electron chi connectivity index (χ1n) is 8.60. The second-order valence-corrected chi connectivity index (χ2v) is 5.78. The van der Waals surface area contributed by atoms with E-state index in [0.717, 1.165) is 17.7 Å². The molecule has 1 atom stereocenters. The van der Waals surface area contributed by atoms with Crippen LogP contribution in [-0.4, -0.2) is 18.4 Å². The van der Waals surface area contributed by atoms with Gasteiger partial charge in [-0.3, -0.25) is 9.59 Å². The van der Waals surface area contributed by atoms with E-state index in [0.29, 0.717) is 12.1 Å². The Balaban J connectivity index is 1.89. The Morgan fingerprint density at radius 1 is 0.920 bits per heavy atom. The van der Waals surface area contributed by atoms with E-state index in [9.17, 15) is 9.59 Å². The highest BCUT2D eigenvalue weighted by molar-refractivity contribution is 5.91. The van der Waals surface area contributed by atoms with Crippen molar-refractivity contribution in [3.8, 4) is 0 Å². The molecule has 0 fully saturated rings. The number of rotatable bonds is 8. The predicted octanol–water partition coefficient (Wildman–Crippen LogP) is 3.71. The van der Waals surface area contributed by atoms with Crippen molar-refractivity contribution in [2.45, 2.75) is 32.7 Å². The molecular weight excluding hydrogens is 314 g/mol. The number of carbonyl (C=O) groups is 2. The topological polar surface area (TPSA) is 70.2 Å². The fourth-order valence-corrected chi connectivity index (χ4v) is 2.49. The van der Waals surface area contributed by atoms with Gasteiger partial charge in [-0.1, -0.05) is 50.2 Å². The van der Waals surface area contributed by atoms with Gasteiger partial charge in [0.2, 0.25) is 11.8 Å². The van der Waals surface area contributed by atoms with Crippen LogP contribution in [0.4, 0.5) is 11.4 Å². The van der Waals surface area contributed by atoms with Gasteiger partial charge in [0.1, 0.15) is 0 Å². The molecule has 25 heavy (non-hydrogen) atoms. The third-order valence-corrected chi connectivity index (χ3v) is 3.87. The standard InChI is InChI=1S/C20H25N3O2/c1-3-18(15-9-6-5-7-10-15)23-20(25)14-21-16-11-8-12-17(13-16)22-19(24)4-2/h5-13,18,21H,3-4,14H2,1-2H3,(H,22,24)(H,23,25). The summed E-state index contributed by atoms with van der Waals surface area (Å²) in [5.41, 5.74) is 2.60. The van der Waals surface area contributed by atoms with Crippen LogP contribution in [0.5, 0.6) is 0 Å². The number of anilines is 2. The van der Waals surface area contributed by atoms with E-state index >= 15 is 0 Å². The van der Waals surface area contributed by atoms with Crippen LogP contribution in [0.2, 0.25) is 0 Å². The maximum Gasteiger partial charge on any atom is 0.239 e. The molecule has 3 N–H and O–H groups in total. The smallest absolute Gasteiger partial charge is 0.239 e. The highest BCUT2D eigenvalue weighted by atomic mass is 16.2. The lowest BCUT2D eigenvalue weighted by Crippen LogP contribution is -2.33. The summed E-state index contributed by atoms with van der Waals surface area (Å²) >= 11 is 0. The average Bonchev–Trinajstić information content (AvgIpc) is 2.65. The molecule has 0 heterocycles. The van der Waals surface area contributed by atoms with Crippen molar-refractivity contribution in [1.29, 1.82) is 0 Å². The lowest BCUT2D eigenvalue weighted by atomic mass is 10.0. The predicted molar refractivity (Wildman–Crippen MR) is 101 cm³/mol. The molecule has 0 aliphatic rings. The van der Waals surface area contributed by atoms with E-state index in [4.69, 9.17) is 0 Å². The van der Waals surface area contributed by atoms with Gasteiger partial charge in [-0.2, -0.15) is 0 Å². The molecular formula is C20H25N3O2. The summed E-state index contributed by atoms with van der Waals surface area (Å²) in [4.78, 5) is 23.7. The number of nitrogens with one attached hydrogen (secondary N) is 3. The monoisotopic (exact) mass is 339 g/mol. The molecule has 0 saturated carbocycles. The van der Waals surface area contributed by atoms with Gasteiger partial charge >= 0.3 is 0 Å². The van der Waals surface area contributed by atoms with Gasteiger partial charge in [0.05, 0.1) is 12.6 Å². The first kappa shape index (κ1) is 18.5. The normalized spacial score (nSPS) is 11.4. The van der Waals surface area contributed by atoms with E-state index in [1.807, 2.05) is 61.5 Å². The lowest BCUT2D eigenvalue weighted by Gasteiger charge is -2.18. The molecule has 0 aliphatic heterocycles. The molecule has 0 aliphatic carbocycles. The largest absolute Gasteiger partial charge is 0.376 e. The van der Waals surface area contributed by atoms with Crippen LogP contribution in [-0.2, 0) is 9.59 Å². The van der Waals surface area contributed by atoms with Crippen LogP contribution >= 0.6 is 0 Å². The van der Waals surface area contributed by atoms with Crippen molar-refractivity contribution in [1.82, 2.24) is 5.32 Å². The Bertz CT molecular complexity index is 701.